The molecular formula is C13H20BrNO4Si. The molecule has 0 aromatic rings. The van der Waals surface area contributed by atoms with Crippen molar-refractivity contribution >= 4 is 35.9 Å². The van der Waals surface area contributed by atoms with Gasteiger partial charge in [-0.25, -0.2) is 0 Å². The molecule has 2 bridgehead atoms. The van der Waals surface area contributed by atoms with Gasteiger partial charge in [0.15, 0.2) is 0 Å². The zero-order valence-corrected chi connectivity index (χ0v) is 14.6. The summed E-state index contributed by atoms with van der Waals surface area (Å²) < 4.78 is 5.54. The number of nitrogens with one attached hydrogen (secondary N) is 1. The Hall–Kier alpha value is -0.403. The normalized spacial score (nSPS) is 45.6. The number of carbonyl (C=O) groups is 2. The van der Waals surface area contributed by atoms with Crippen LogP contribution in [0.1, 0.15) is 0 Å². The summed E-state index contributed by atoms with van der Waals surface area (Å²) in [5, 5.41) is 0. The van der Waals surface area contributed by atoms with E-state index >= 15 is 0 Å². The highest BCUT2D eigenvalue weighted by molar-refractivity contribution is 9.09. The van der Waals surface area contributed by atoms with Crippen molar-refractivity contribution < 1.29 is 19.2 Å². The van der Waals surface area contributed by atoms with Crippen LogP contribution in [0, 0.1) is 23.7 Å². The fourth-order valence-electron chi connectivity index (χ4n) is 4.71. The number of esters is 1. The number of alkyl halides is 1. The zero-order valence-electron chi connectivity index (χ0n) is 12.1. The highest BCUT2D eigenvalue weighted by atomic mass is 79.9. The Kier molecular flexibility index (Phi) is 3.30. The molecule has 1 saturated heterocycles. The molecule has 0 radical (unpaired) electrons. The number of rotatable bonds is 3. The van der Waals surface area contributed by atoms with Crippen LogP contribution < -0.4 is 5.48 Å². The van der Waals surface area contributed by atoms with Crippen LogP contribution in [0.15, 0.2) is 0 Å². The first kappa shape index (κ1) is 14.5. The summed E-state index contributed by atoms with van der Waals surface area (Å²) in [6, 6.07) is 0. The number of halogens is 1. The third kappa shape index (κ3) is 1.75. The van der Waals surface area contributed by atoms with Crippen molar-refractivity contribution in [1.29, 1.82) is 0 Å². The maximum absolute atomic E-state index is 12.3. The molecule has 3 rings (SSSR count). The standard InChI is InChI=1S/C13H20BrNO4Si/c1-15-19-13(17)5-6-8-10(18-12(6)16)9(14)7(5)11(8)20(2,3)4/h5-11,15H,1-4H3/t5-,6-,7?,8?,9-,10-,11?/m0/s1. The van der Waals surface area contributed by atoms with Crippen LogP contribution in [-0.2, 0) is 19.2 Å². The molecule has 0 spiro atoms. The number of fused-ring (bicyclic) bond motifs is 1. The minimum absolute atomic E-state index is 0.0622. The van der Waals surface area contributed by atoms with Crippen molar-refractivity contribution in [3.63, 3.8) is 0 Å². The van der Waals surface area contributed by atoms with E-state index in [1.165, 1.54) is 0 Å². The van der Waals surface area contributed by atoms with E-state index in [1.807, 2.05) is 0 Å². The molecule has 1 aliphatic heterocycles. The summed E-state index contributed by atoms with van der Waals surface area (Å²) in [6.45, 7) is 6.91. The fraction of sp³-hybridized carbons (Fsp3) is 0.846. The van der Waals surface area contributed by atoms with Crippen LogP contribution in [0.5, 0.6) is 0 Å². The van der Waals surface area contributed by atoms with E-state index in [2.05, 4.69) is 41.1 Å². The lowest BCUT2D eigenvalue weighted by Gasteiger charge is -2.30. The Morgan fingerprint density at radius 2 is 2.00 bits per heavy atom. The van der Waals surface area contributed by atoms with Gasteiger partial charge in [0.25, 0.3) is 0 Å². The first-order valence-electron chi connectivity index (χ1n) is 7.01. The van der Waals surface area contributed by atoms with Gasteiger partial charge in [0.05, 0.1) is 16.7 Å². The Bertz CT molecular complexity index is 466. The highest BCUT2D eigenvalue weighted by Crippen LogP contribution is 2.68. The van der Waals surface area contributed by atoms with Crippen LogP contribution in [0.3, 0.4) is 0 Å². The highest BCUT2D eigenvalue weighted by Gasteiger charge is 2.74. The maximum atomic E-state index is 12.3. The molecule has 2 saturated carbocycles. The molecule has 1 N–H and O–H groups in total. The van der Waals surface area contributed by atoms with E-state index in [0.29, 0.717) is 5.54 Å². The lowest BCUT2D eigenvalue weighted by Crippen LogP contribution is -2.40. The van der Waals surface area contributed by atoms with Crippen molar-refractivity contribution in [3.8, 4) is 0 Å². The number of hydrogen-bond donors (Lipinski definition) is 1. The largest absolute Gasteiger partial charge is 0.461 e. The molecule has 1 heterocycles. The molecule has 3 unspecified atom stereocenters. The fourth-order valence-corrected chi connectivity index (χ4v) is 9.23. The van der Waals surface area contributed by atoms with Crippen LogP contribution in [-0.4, -0.2) is 38.0 Å². The molecule has 0 amide bonds. The first-order valence-corrected chi connectivity index (χ1v) is 11.5. The van der Waals surface area contributed by atoms with Crippen molar-refractivity contribution in [2.24, 2.45) is 23.7 Å². The summed E-state index contributed by atoms with van der Waals surface area (Å²) in [4.78, 5) is 29.5. The second-order valence-corrected chi connectivity index (χ2v) is 13.5. The number of carbonyl (C=O) groups excluding carboxylic acids is 2. The van der Waals surface area contributed by atoms with Crippen molar-refractivity contribution in [2.75, 3.05) is 7.05 Å². The van der Waals surface area contributed by atoms with Gasteiger partial charge in [0.1, 0.15) is 6.10 Å². The lowest BCUT2D eigenvalue weighted by atomic mass is 9.80. The molecule has 20 heavy (non-hydrogen) atoms. The molecule has 7 heteroatoms. The van der Waals surface area contributed by atoms with Gasteiger partial charge in [-0.1, -0.05) is 35.6 Å². The summed E-state index contributed by atoms with van der Waals surface area (Å²) in [5.41, 5.74) is 2.86. The van der Waals surface area contributed by atoms with Gasteiger partial charge in [-0.15, -0.1) is 0 Å². The van der Waals surface area contributed by atoms with Gasteiger partial charge < -0.3 is 9.57 Å². The van der Waals surface area contributed by atoms with Crippen molar-refractivity contribution in [2.45, 2.75) is 36.1 Å². The molecular weight excluding hydrogens is 342 g/mol. The third-order valence-electron chi connectivity index (χ3n) is 5.11. The predicted molar refractivity (Wildman–Crippen MR) is 78.8 cm³/mol. The van der Waals surface area contributed by atoms with Crippen molar-refractivity contribution in [1.82, 2.24) is 5.48 Å². The number of hydrogen-bond acceptors (Lipinski definition) is 5. The minimum Gasteiger partial charge on any atom is -0.461 e. The molecule has 5 nitrogen and oxygen atoms in total. The van der Waals surface area contributed by atoms with Gasteiger partial charge in [-0.05, 0) is 11.5 Å². The molecule has 3 aliphatic rings. The van der Waals surface area contributed by atoms with Crippen LogP contribution in [0.2, 0.25) is 25.2 Å². The Morgan fingerprint density at radius 1 is 1.35 bits per heavy atom. The Morgan fingerprint density at radius 3 is 2.55 bits per heavy atom. The Labute approximate surface area is 127 Å². The van der Waals surface area contributed by atoms with Gasteiger partial charge in [-0.2, -0.15) is 5.48 Å². The summed E-state index contributed by atoms with van der Waals surface area (Å²) in [7, 11) is 0.0542. The van der Waals surface area contributed by atoms with E-state index < -0.39 is 8.07 Å². The first-order chi connectivity index (χ1) is 9.29. The second kappa shape index (κ2) is 4.54. The topological polar surface area (TPSA) is 64.6 Å². The summed E-state index contributed by atoms with van der Waals surface area (Å²) in [5.74, 6) is -0.899. The summed E-state index contributed by atoms with van der Waals surface area (Å²) >= 11 is 3.69. The smallest absolute Gasteiger partial charge is 0.328 e. The van der Waals surface area contributed by atoms with Gasteiger partial charge in [-0.3, -0.25) is 9.59 Å². The Balaban J connectivity index is 2.02. The third-order valence-corrected chi connectivity index (χ3v) is 9.01. The minimum atomic E-state index is -1.50. The molecule has 2 aliphatic carbocycles. The van der Waals surface area contributed by atoms with E-state index in [0.717, 1.165) is 0 Å². The van der Waals surface area contributed by atoms with Crippen LogP contribution >= 0.6 is 15.9 Å². The second-order valence-electron chi connectivity index (χ2n) is 7.07. The average Bonchev–Trinajstić information content (AvgIpc) is 2.89. The number of ether oxygens (including phenoxy) is 1. The van der Waals surface area contributed by atoms with Crippen molar-refractivity contribution in [3.05, 3.63) is 0 Å². The molecule has 0 aromatic heterocycles. The number of hydroxylamine groups is 1. The van der Waals surface area contributed by atoms with E-state index in [9.17, 15) is 9.59 Å². The average molecular weight is 362 g/mol. The van der Waals surface area contributed by atoms with Gasteiger partial charge in [0.2, 0.25) is 0 Å². The SMILES string of the molecule is CNOC(=O)[C@@H]1C2C([Si](C)(C)C)C3[C@H]1C(=O)O[C@@H]3[C@H]2Br. The van der Waals surface area contributed by atoms with Crippen LogP contribution in [0.4, 0.5) is 0 Å². The van der Waals surface area contributed by atoms with Crippen LogP contribution in [0.25, 0.3) is 0 Å². The van der Waals surface area contributed by atoms with E-state index in [-0.39, 0.29) is 46.5 Å². The molecule has 112 valence electrons. The lowest BCUT2D eigenvalue weighted by molar-refractivity contribution is -0.161. The predicted octanol–water partition coefficient (Wildman–Crippen LogP) is 1.55. The van der Waals surface area contributed by atoms with E-state index in [1.54, 1.807) is 7.05 Å². The van der Waals surface area contributed by atoms with Gasteiger partial charge in [0, 0.05) is 21.0 Å². The molecule has 0 aromatic carbocycles. The quantitative estimate of drug-likeness (QED) is 0.357. The summed E-state index contributed by atoms with van der Waals surface area (Å²) in [6.07, 6.45) is -0.0622. The van der Waals surface area contributed by atoms with E-state index in [4.69, 9.17) is 9.57 Å². The zero-order chi connectivity index (χ0) is 14.8. The van der Waals surface area contributed by atoms with Gasteiger partial charge >= 0.3 is 11.9 Å². The molecule has 7 atom stereocenters. The monoisotopic (exact) mass is 361 g/mol. The molecule has 3 fully saturated rings. The maximum Gasteiger partial charge on any atom is 0.328 e.